The maximum Gasteiger partial charge on any atom is 0.413 e. The van der Waals surface area contributed by atoms with E-state index >= 15 is 0 Å². The summed E-state index contributed by atoms with van der Waals surface area (Å²) in [5, 5.41) is 2.52. The Bertz CT molecular complexity index is 518. The average molecular weight is 278 g/mol. The zero-order chi connectivity index (χ0) is 15.2. The number of nitrogens with zero attached hydrogens (tertiary/aromatic N) is 1. The topological polar surface area (TPSA) is 77.5 Å². The molecule has 0 aliphatic rings. The average Bonchev–Trinajstić information content (AvgIpc) is 2.34. The molecule has 1 N–H and O–H groups in total. The van der Waals surface area contributed by atoms with Crippen LogP contribution in [-0.2, 0) is 14.3 Å². The minimum atomic E-state index is -0.584. The Hall–Kier alpha value is -2.37. The fourth-order valence-corrected chi connectivity index (χ4v) is 1.26. The molecule has 0 aromatic carbocycles. The van der Waals surface area contributed by atoms with Crippen molar-refractivity contribution in [2.24, 2.45) is 0 Å². The van der Waals surface area contributed by atoms with Gasteiger partial charge >= 0.3 is 12.1 Å². The van der Waals surface area contributed by atoms with Crippen LogP contribution in [0.25, 0.3) is 6.08 Å². The van der Waals surface area contributed by atoms with Crippen LogP contribution in [0.3, 0.4) is 0 Å². The van der Waals surface area contributed by atoms with E-state index in [2.05, 4.69) is 15.0 Å². The van der Waals surface area contributed by atoms with Gasteiger partial charge in [0.05, 0.1) is 7.11 Å². The minimum Gasteiger partial charge on any atom is -0.466 e. The molecule has 0 saturated heterocycles. The highest BCUT2D eigenvalue weighted by molar-refractivity contribution is 5.87. The summed E-state index contributed by atoms with van der Waals surface area (Å²) in [5.41, 5.74) is 0.128. The highest BCUT2D eigenvalue weighted by Gasteiger charge is 2.16. The van der Waals surface area contributed by atoms with E-state index in [-0.39, 0.29) is 0 Å². The molecule has 20 heavy (non-hydrogen) atoms. The van der Waals surface area contributed by atoms with Crippen molar-refractivity contribution in [2.45, 2.75) is 26.4 Å². The lowest BCUT2D eigenvalue weighted by Gasteiger charge is -2.19. The fraction of sp³-hybridized carbons (Fsp3) is 0.357. The molecule has 6 heteroatoms. The van der Waals surface area contributed by atoms with Crippen molar-refractivity contribution in [2.75, 3.05) is 12.4 Å². The predicted octanol–water partition coefficient (Wildman–Crippen LogP) is 2.61. The van der Waals surface area contributed by atoms with Crippen LogP contribution in [0.5, 0.6) is 0 Å². The van der Waals surface area contributed by atoms with Gasteiger partial charge in [-0.05, 0) is 44.5 Å². The van der Waals surface area contributed by atoms with Gasteiger partial charge in [-0.25, -0.2) is 14.6 Å². The Morgan fingerprint density at radius 1 is 1.35 bits per heavy atom. The summed E-state index contributed by atoms with van der Waals surface area (Å²) >= 11 is 0. The Labute approximate surface area is 117 Å². The molecule has 1 rings (SSSR count). The maximum absolute atomic E-state index is 11.6. The van der Waals surface area contributed by atoms with Gasteiger partial charge in [0.15, 0.2) is 0 Å². The lowest BCUT2D eigenvalue weighted by atomic mass is 10.2. The summed E-state index contributed by atoms with van der Waals surface area (Å²) < 4.78 is 9.61. The summed E-state index contributed by atoms with van der Waals surface area (Å²) in [5.74, 6) is -0.116. The SMILES string of the molecule is COC(=O)/C=C/c1ccnc(NC(=O)OC(C)(C)C)c1. The van der Waals surface area contributed by atoms with Crippen molar-refractivity contribution < 1.29 is 19.1 Å². The maximum atomic E-state index is 11.6. The van der Waals surface area contributed by atoms with E-state index in [9.17, 15) is 9.59 Å². The first-order valence-electron chi connectivity index (χ1n) is 6.02. The molecule has 0 fully saturated rings. The normalized spacial score (nSPS) is 11.2. The quantitative estimate of drug-likeness (QED) is 0.679. The first-order chi connectivity index (χ1) is 9.30. The molecule has 1 heterocycles. The number of pyridine rings is 1. The van der Waals surface area contributed by atoms with Gasteiger partial charge in [0, 0.05) is 12.3 Å². The first-order valence-corrected chi connectivity index (χ1v) is 6.02. The fourth-order valence-electron chi connectivity index (χ4n) is 1.26. The number of hydrogen-bond donors (Lipinski definition) is 1. The number of amides is 1. The van der Waals surface area contributed by atoms with E-state index in [1.54, 1.807) is 39.0 Å². The second-order valence-electron chi connectivity index (χ2n) is 4.96. The molecular formula is C14H18N2O4. The number of carbonyl (C=O) groups is 2. The van der Waals surface area contributed by atoms with Gasteiger partial charge in [-0.2, -0.15) is 0 Å². The molecule has 1 aromatic heterocycles. The summed E-state index contributed by atoms with van der Waals surface area (Å²) in [4.78, 5) is 26.6. The Kier molecular flexibility index (Phi) is 5.25. The molecule has 0 saturated carbocycles. The second-order valence-corrected chi connectivity index (χ2v) is 4.96. The Balaban J connectivity index is 2.71. The molecule has 0 aliphatic heterocycles. The number of nitrogens with one attached hydrogen (secondary N) is 1. The zero-order valence-corrected chi connectivity index (χ0v) is 12.0. The number of rotatable bonds is 3. The van der Waals surface area contributed by atoms with Gasteiger partial charge in [0.2, 0.25) is 0 Å². The number of ether oxygens (including phenoxy) is 2. The van der Waals surface area contributed by atoms with Crippen LogP contribution in [0, 0.1) is 0 Å². The van der Waals surface area contributed by atoms with Crippen LogP contribution in [0.2, 0.25) is 0 Å². The van der Waals surface area contributed by atoms with Crippen molar-refractivity contribution in [3.8, 4) is 0 Å². The molecule has 108 valence electrons. The lowest BCUT2D eigenvalue weighted by molar-refractivity contribution is -0.134. The van der Waals surface area contributed by atoms with Crippen LogP contribution in [0.1, 0.15) is 26.3 Å². The molecule has 0 bridgehead atoms. The van der Waals surface area contributed by atoms with Crippen LogP contribution in [-0.4, -0.2) is 29.8 Å². The van der Waals surface area contributed by atoms with Gasteiger partial charge in [0.25, 0.3) is 0 Å². The van der Waals surface area contributed by atoms with Crippen LogP contribution < -0.4 is 5.32 Å². The molecule has 0 atom stereocenters. The largest absolute Gasteiger partial charge is 0.466 e. The van der Waals surface area contributed by atoms with E-state index in [1.165, 1.54) is 19.4 Å². The van der Waals surface area contributed by atoms with Crippen molar-refractivity contribution in [3.63, 3.8) is 0 Å². The highest BCUT2D eigenvalue weighted by Crippen LogP contribution is 2.12. The smallest absolute Gasteiger partial charge is 0.413 e. The van der Waals surface area contributed by atoms with Gasteiger partial charge in [-0.1, -0.05) is 0 Å². The lowest BCUT2D eigenvalue weighted by Crippen LogP contribution is -2.27. The van der Waals surface area contributed by atoms with E-state index in [4.69, 9.17) is 4.74 Å². The van der Waals surface area contributed by atoms with Gasteiger partial charge < -0.3 is 9.47 Å². The summed E-state index contributed by atoms with van der Waals surface area (Å²) in [6, 6.07) is 3.31. The molecule has 6 nitrogen and oxygen atoms in total. The van der Waals surface area contributed by atoms with E-state index < -0.39 is 17.7 Å². The molecule has 0 radical (unpaired) electrons. The van der Waals surface area contributed by atoms with Gasteiger partial charge in [0.1, 0.15) is 11.4 Å². The van der Waals surface area contributed by atoms with Crippen LogP contribution >= 0.6 is 0 Å². The summed E-state index contributed by atoms with van der Waals surface area (Å²) in [7, 11) is 1.30. The first kappa shape index (κ1) is 15.7. The molecule has 0 aliphatic carbocycles. The molecule has 1 amide bonds. The highest BCUT2D eigenvalue weighted by atomic mass is 16.6. The molecule has 0 spiro atoms. The third-order valence-electron chi connectivity index (χ3n) is 2.03. The van der Waals surface area contributed by atoms with Crippen LogP contribution in [0.15, 0.2) is 24.4 Å². The van der Waals surface area contributed by atoms with Gasteiger partial charge in [-0.15, -0.1) is 0 Å². The second kappa shape index (κ2) is 6.70. The Morgan fingerprint density at radius 3 is 2.65 bits per heavy atom. The number of methoxy groups -OCH3 is 1. The van der Waals surface area contributed by atoms with Crippen LogP contribution in [0.4, 0.5) is 10.6 Å². The third-order valence-corrected chi connectivity index (χ3v) is 2.03. The number of esters is 1. The molecule has 0 unspecified atom stereocenters. The van der Waals surface area contributed by atoms with Crippen molar-refractivity contribution in [1.29, 1.82) is 0 Å². The zero-order valence-electron chi connectivity index (χ0n) is 12.0. The number of hydrogen-bond acceptors (Lipinski definition) is 5. The van der Waals surface area contributed by atoms with Crippen molar-refractivity contribution >= 4 is 24.0 Å². The van der Waals surface area contributed by atoms with Gasteiger partial charge in [-0.3, -0.25) is 5.32 Å². The number of aromatic nitrogens is 1. The minimum absolute atomic E-state index is 0.339. The summed E-state index contributed by atoms with van der Waals surface area (Å²) in [6.45, 7) is 5.32. The van der Waals surface area contributed by atoms with E-state index in [0.717, 1.165) is 0 Å². The van der Waals surface area contributed by atoms with Crippen molar-refractivity contribution in [1.82, 2.24) is 4.98 Å². The predicted molar refractivity (Wildman–Crippen MR) is 75.1 cm³/mol. The standard InChI is InChI=1S/C14H18N2O4/c1-14(2,3)20-13(18)16-11-9-10(7-8-15-11)5-6-12(17)19-4/h5-9H,1-4H3,(H,15,16,18)/b6-5+. The molecular weight excluding hydrogens is 260 g/mol. The monoisotopic (exact) mass is 278 g/mol. The number of anilines is 1. The van der Waals surface area contributed by atoms with E-state index in [0.29, 0.717) is 11.4 Å². The van der Waals surface area contributed by atoms with E-state index in [1.807, 2.05) is 0 Å². The van der Waals surface area contributed by atoms with Crippen molar-refractivity contribution in [3.05, 3.63) is 30.0 Å². The molecule has 1 aromatic rings. The Morgan fingerprint density at radius 2 is 2.05 bits per heavy atom. The summed E-state index contributed by atoms with van der Waals surface area (Å²) in [6.07, 6.45) is 3.78. The third kappa shape index (κ3) is 5.99. The number of carbonyl (C=O) groups excluding carboxylic acids is 2.